The molecule has 0 saturated carbocycles. The van der Waals surface area contributed by atoms with Gasteiger partial charge in [0, 0.05) is 13.2 Å². The minimum absolute atomic E-state index is 0.0104. The minimum Gasteiger partial charge on any atom is -0.477 e. The van der Waals surface area contributed by atoms with E-state index < -0.39 is 5.97 Å². The van der Waals surface area contributed by atoms with E-state index in [2.05, 4.69) is 10.3 Å². The van der Waals surface area contributed by atoms with Crippen LogP contribution in [0.25, 0.3) is 0 Å². The molecule has 0 amide bonds. The van der Waals surface area contributed by atoms with Crippen molar-refractivity contribution < 1.29 is 14.6 Å². The summed E-state index contributed by atoms with van der Waals surface area (Å²) in [6.45, 7) is 1.50. The van der Waals surface area contributed by atoms with Gasteiger partial charge >= 0.3 is 5.97 Å². The molecule has 1 unspecified atom stereocenters. The fourth-order valence-electron chi connectivity index (χ4n) is 1.95. The highest BCUT2D eigenvalue weighted by atomic mass is 16.5. The van der Waals surface area contributed by atoms with Gasteiger partial charge in [-0.25, -0.2) is 9.78 Å². The van der Waals surface area contributed by atoms with E-state index in [-0.39, 0.29) is 5.69 Å². The molecule has 98 valence electrons. The maximum Gasteiger partial charge on any atom is 0.354 e. The minimum atomic E-state index is -1.06. The van der Waals surface area contributed by atoms with Gasteiger partial charge in [-0.15, -0.1) is 0 Å². The number of hydrogen-bond donors (Lipinski definition) is 3. The Bertz CT molecular complexity index is 431. The maximum atomic E-state index is 10.8. The Labute approximate surface area is 105 Å². The van der Waals surface area contributed by atoms with Crippen LogP contribution in [0, 0.1) is 0 Å². The first-order valence-electron chi connectivity index (χ1n) is 6.02. The van der Waals surface area contributed by atoms with Crippen LogP contribution in [0.4, 0.5) is 11.5 Å². The van der Waals surface area contributed by atoms with Gasteiger partial charge in [0.05, 0.1) is 11.8 Å². The Morgan fingerprint density at radius 3 is 3.11 bits per heavy atom. The SMILES string of the molecule is Nc1ccc(C(=O)O)nc1NCCC1CCCO1. The lowest BCUT2D eigenvalue weighted by atomic mass is 10.2. The van der Waals surface area contributed by atoms with Gasteiger partial charge in [0.2, 0.25) is 0 Å². The number of rotatable bonds is 5. The van der Waals surface area contributed by atoms with E-state index in [4.69, 9.17) is 15.6 Å². The predicted octanol–water partition coefficient (Wildman–Crippen LogP) is 1.34. The van der Waals surface area contributed by atoms with Crippen LogP contribution < -0.4 is 11.1 Å². The van der Waals surface area contributed by atoms with E-state index in [9.17, 15) is 4.79 Å². The van der Waals surface area contributed by atoms with Gasteiger partial charge < -0.3 is 20.9 Å². The average Bonchev–Trinajstić information content (AvgIpc) is 2.84. The van der Waals surface area contributed by atoms with Crippen molar-refractivity contribution in [2.45, 2.75) is 25.4 Å². The largest absolute Gasteiger partial charge is 0.477 e. The Morgan fingerprint density at radius 1 is 1.61 bits per heavy atom. The smallest absolute Gasteiger partial charge is 0.354 e. The first-order valence-corrected chi connectivity index (χ1v) is 6.02. The monoisotopic (exact) mass is 251 g/mol. The quantitative estimate of drug-likeness (QED) is 0.730. The zero-order chi connectivity index (χ0) is 13.0. The Kier molecular flexibility index (Phi) is 3.99. The van der Waals surface area contributed by atoms with Crippen LogP contribution in [0.15, 0.2) is 12.1 Å². The molecule has 1 aliphatic heterocycles. The summed E-state index contributed by atoms with van der Waals surface area (Å²) in [6.07, 6.45) is 3.36. The molecule has 0 spiro atoms. The molecule has 0 bridgehead atoms. The molecule has 1 aromatic heterocycles. The summed E-state index contributed by atoms with van der Waals surface area (Å²) in [6, 6.07) is 2.94. The van der Waals surface area contributed by atoms with E-state index in [1.165, 1.54) is 6.07 Å². The number of aromatic carboxylic acids is 1. The van der Waals surface area contributed by atoms with Crippen molar-refractivity contribution in [3.63, 3.8) is 0 Å². The molecule has 6 heteroatoms. The van der Waals surface area contributed by atoms with Crippen LogP contribution in [0.1, 0.15) is 29.8 Å². The second-order valence-corrected chi connectivity index (χ2v) is 4.29. The zero-order valence-corrected chi connectivity index (χ0v) is 10.1. The lowest BCUT2D eigenvalue weighted by Crippen LogP contribution is -2.15. The molecular weight excluding hydrogens is 234 g/mol. The number of aromatic nitrogens is 1. The molecular formula is C12H17N3O3. The third-order valence-electron chi connectivity index (χ3n) is 2.93. The number of nitrogens with one attached hydrogen (secondary N) is 1. The molecule has 1 aromatic rings. The van der Waals surface area contributed by atoms with E-state index >= 15 is 0 Å². The molecule has 18 heavy (non-hydrogen) atoms. The van der Waals surface area contributed by atoms with Crippen LogP contribution in [0.5, 0.6) is 0 Å². The van der Waals surface area contributed by atoms with Gasteiger partial charge in [-0.05, 0) is 31.4 Å². The predicted molar refractivity (Wildman–Crippen MR) is 67.7 cm³/mol. The van der Waals surface area contributed by atoms with Crippen molar-refractivity contribution in [1.82, 2.24) is 4.98 Å². The third-order valence-corrected chi connectivity index (χ3v) is 2.93. The van der Waals surface area contributed by atoms with Crippen LogP contribution >= 0.6 is 0 Å². The number of nitrogen functional groups attached to an aromatic ring is 1. The number of ether oxygens (including phenoxy) is 1. The first kappa shape index (κ1) is 12.6. The normalized spacial score (nSPS) is 18.8. The van der Waals surface area contributed by atoms with E-state index in [1.54, 1.807) is 6.07 Å². The van der Waals surface area contributed by atoms with Crippen molar-refractivity contribution in [2.75, 3.05) is 24.2 Å². The molecule has 1 aliphatic rings. The van der Waals surface area contributed by atoms with Gasteiger partial charge in [0.15, 0.2) is 5.69 Å². The topological polar surface area (TPSA) is 97.5 Å². The zero-order valence-electron chi connectivity index (χ0n) is 10.1. The van der Waals surface area contributed by atoms with Gasteiger partial charge in [-0.2, -0.15) is 0 Å². The van der Waals surface area contributed by atoms with Crippen molar-refractivity contribution in [1.29, 1.82) is 0 Å². The van der Waals surface area contributed by atoms with Gasteiger partial charge in [-0.1, -0.05) is 0 Å². The summed E-state index contributed by atoms with van der Waals surface area (Å²) >= 11 is 0. The molecule has 0 radical (unpaired) electrons. The number of pyridine rings is 1. The van der Waals surface area contributed by atoms with E-state index in [0.29, 0.717) is 24.2 Å². The Hall–Kier alpha value is -1.82. The summed E-state index contributed by atoms with van der Waals surface area (Å²) < 4.78 is 5.50. The Morgan fingerprint density at radius 2 is 2.44 bits per heavy atom. The number of anilines is 2. The highest BCUT2D eigenvalue weighted by Gasteiger charge is 2.15. The fraction of sp³-hybridized carbons (Fsp3) is 0.500. The summed E-state index contributed by atoms with van der Waals surface area (Å²) in [5.41, 5.74) is 6.18. The summed E-state index contributed by atoms with van der Waals surface area (Å²) in [4.78, 5) is 14.8. The first-order chi connectivity index (χ1) is 8.66. The van der Waals surface area contributed by atoms with Gasteiger partial charge in [0.25, 0.3) is 0 Å². The molecule has 1 saturated heterocycles. The average molecular weight is 251 g/mol. The molecule has 1 fully saturated rings. The van der Waals surface area contributed by atoms with Crippen LogP contribution in [0.3, 0.4) is 0 Å². The molecule has 2 rings (SSSR count). The number of carbonyl (C=O) groups is 1. The van der Waals surface area contributed by atoms with E-state index in [1.807, 2.05) is 0 Å². The lowest BCUT2D eigenvalue weighted by Gasteiger charge is -2.12. The maximum absolute atomic E-state index is 10.8. The summed E-state index contributed by atoms with van der Waals surface area (Å²) in [5, 5.41) is 11.9. The van der Waals surface area contributed by atoms with Crippen molar-refractivity contribution >= 4 is 17.5 Å². The highest BCUT2D eigenvalue weighted by molar-refractivity contribution is 5.86. The van der Waals surface area contributed by atoms with Crippen molar-refractivity contribution in [3.05, 3.63) is 17.8 Å². The van der Waals surface area contributed by atoms with E-state index in [0.717, 1.165) is 25.9 Å². The molecule has 6 nitrogen and oxygen atoms in total. The fourth-order valence-corrected chi connectivity index (χ4v) is 1.95. The lowest BCUT2D eigenvalue weighted by molar-refractivity contribution is 0.0690. The van der Waals surface area contributed by atoms with Crippen LogP contribution in [-0.2, 0) is 4.74 Å². The summed E-state index contributed by atoms with van der Waals surface area (Å²) in [7, 11) is 0. The number of nitrogens with two attached hydrogens (primary N) is 1. The highest BCUT2D eigenvalue weighted by Crippen LogP contribution is 2.18. The Balaban J connectivity index is 1.91. The molecule has 1 atom stereocenters. The van der Waals surface area contributed by atoms with Gasteiger partial charge in [-0.3, -0.25) is 0 Å². The summed E-state index contributed by atoms with van der Waals surface area (Å²) in [5.74, 6) is -0.634. The van der Waals surface area contributed by atoms with Gasteiger partial charge in [0.1, 0.15) is 5.82 Å². The molecule has 2 heterocycles. The number of nitrogens with zero attached hydrogens (tertiary/aromatic N) is 1. The second kappa shape index (κ2) is 5.68. The molecule has 0 aromatic carbocycles. The third kappa shape index (κ3) is 3.10. The number of carboxylic acid groups (broad SMARTS) is 1. The number of hydrogen-bond acceptors (Lipinski definition) is 5. The van der Waals surface area contributed by atoms with Crippen LogP contribution in [0.2, 0.25) is 0 Å². The standard InChI is InChI=1S/C12H17N3O3/c13-9-3-4-10(12(16)17)15-11(9)14-6-5-8-2-1-7-18-8/h3-4,8H,1-2,5-7,13H2,(H,14,15)(H,16,17). The second-order valence-electron chi connectivity index (χ2n) is 4.29. The van der Waals surface area contributed by atoms with Crippen molar-refractivity contribution in [3.8, 4) is 0 Å². The molecule has 0 aliphatic carbocycles. The van der Waals surface area contributed by atoms with Crippen LogP contribution in [-0.4, -0.2) is 35.3 Å². The van der Waals surface area contributed by atoms with Crippen molar-refractivity contribution in [2.24, 2.45) is 0 Å². The number of carboxylic acids is 1. The molecule has 4 N–H and O–H groups in total.